The monoisotopic (exact) mass is 495 g/mol. The summed E-state index contributed by atoms with van der Waals surface area (Å²) >= 11 is 1.53. The molecule has 0 amide bonds. The van der Waals surface area contributed by atoms with Gasteiger partial charge in [-0.05, 0) is 50.6 Å². The minimum atomic E-state index is -0.286. The minimum Gasteiger partial charge on any atom is -0.493 e. The fraction of sp³-hybridized carbons (Fsp3) is 0.333. The maximum atomic E-state index is 14.8. The number of anilines is 1. The number of fused-ring (bicyclic) bond motifs is 1. The molecule has 0 bridgehead atoms. The lowest BCUT2D eigenvalue weighted by atomic mass is 10.1. The molecule has 6 nitrogen and oxygen atoms in total. The third-order valence-electron chi connectivity index (χ3n) is 5.70. The van der Waals surface area contributed by atoms with Gasteiger partial charge in [-0.15, -0.1) is 11.3 Å². The summed E-state index contributed by atoms with van der Waals surface area (Å²) in [5.74, 6) is 2.85. The summed E-state index contributed by atoms with van der Waals surface area (Å²) in [6.45, 7) is 6.58. The van der Waals surface area contributed by atoms with Gasteiger partial charge in [0.15, 0.2) is 11.5 Å². The summed E-state index contributed by atoms with van der Waals surface area (Å²) in [5.41, 5.74) is 1.27. The Labute approximate surface area is 209 Å². The van der Waals surface area contributed by atoms with Crippen molar-refractivity contribution in [3.8, 4) is 27.7 Å². The Morgan fingerprint density at radius 1 is 1.03 bits per heavy atom. The van der Waals surface area contributed by atoms with Gasteiger partial charge in [0.25, 0.3) is 0 Å². The third kappa shape index (κ3) is 5.32. The molecule has 0 radical (unpaired) electrons. The van der Waals surface area contributed by atoms with Crippen LogP contribution in [0.1, 0.15) is 43.4 Å². The van der Waals surface area contributed by atoms with Crippen molar-refractivity contribution in [3.63, 3.8) is 0 Å². The number of aromatic nitrogens is 2. The number of halogens is 1. The number of aryl methyl sites for hydroxylation is 1. The van der Waals surface area contributed by atoms with E-state index in [9.17, 15) is 4.39 Å². The van der Waals surface area contributed by atoms with E-state index in [1.165, 1.54) is 17.4 Å². The Kier molecular flexibility index (Phi) is 7.70. The number of hydrogen-bond donors (Lipinski definition) is 1. The van der Waals surface area contributed by atoms with Crippen molar-refractivity contribution in [2.24, 2.45) is 0 Å². The Bertz CT molecular complexity index is 1320. The molecule has 35 heavy (non-hydrogen) atoms. The quantitative estimate of drug-likeness (QED) is 0.235. The van der Waals surface area contributed by atoms with Crippen LogP contribution in [0.5, 0.6) is 17.2 Å². The van der Waals surface area contributed by atoms with Crippen molar-refractivity contribution >= 4 is 28.1 Å². The molecular formula is C27H30FN3O3S. The van der Waals surface area contributed by atoms with Gasteiger partial charge in [0.2, 0.25) is 0 Å². The molecule has 2 aromatic carbocycles. The molecule has 1 N–H and O–H groups in total. The first kappa shape index (κ1) is 24.7. The van der Waals surface area contributed by atoms with E-state index in [0.717, 1.165) is 33.5 Å². The Morgan fingerprint density at radius 2 is 1.80 bits per heavy atom. The minimum absolute atomic E-state index is 0.0735. The SMILES string of the molecule is CCCCOc1cccc(F)c1-c1ccc([C@H](C)Nc2nc(C)nc3cc(OC)c(OC)cc23)s1. The van der Waals surface area contributed by atoms with Gasteiger partial charge in [-0.25, -0.2) is 14.4 Å². The molecule has 4 aromatic rings. The molecule has 0 unspecified atom stereocenters. The zero-order valence-corrected chi connectivity index (χ0v) is 21.5. The summed E-state index contributed by atoms with van der Waals surface area (Å²) in [6, 6.07) is 12.6. The predicted octanol–water partition coefficient (Wildman–Crippen LogP) is 7.18. The molecule has 0 spiro atoms. The van der Waals surface area contributed by atoms with Gasteiger partial charge in [-0.2, -0.15) is 0 Å². The first-order chi connectivity index (χ1) is 16.9. The molecule has 2 aromatic heterocycles. The van der Waals surface area contributed by atoms with E-state index in [1.54, 1.807) is 20.3 Å². The second kappa shape index (κ2) is 10.9. The average Bonchev–Trinajstić information content (AvgIpc) is 3.33. The van der Waals surface area contributed by atoms with Crippen molar-refractivity contribution in [1.82, 2.24) is 9.97 Å². The number of nitrogens with one attached hydrogen (secondary N) is 1. The van der Waals surface area contributed by atoms with Crippen LogP contribution in [-0.4, -0.2) is 30.8 Å². The number of hydrogen-bond acceptors (Lipinski definition) is 7. The van der Waals surface area contributed by atoms with Crippen molar-refractivity contribution < 1.29 is 18.6 Å². The van der Waals surface area contributed by atoms with E-state index in [4.69, 9.17) is 14.2 Å². The van der Waals surface area contributed by atoms with Crippen molar-refractivity contribution in [3.05, 3.63) is 59.0 Å². The van der Waals surface area contributed by atoms with Crippen LogP contribution in [0.2, 0.25) is 0 Å². The van der Waals surface area contributed by atoms with Gasteiger partial charge in [-0.1, -0.05) is 19.4 Å². The Morgan fingerprint density at radius 3 is 2.54 bits per heavy atom. The van der Waals surface area contributed by atoms with Gasteiger partial charge in [0.05, 0.1) is 37.9 Å². The van der Waals surface area contributed by atoms with Crippen LogP contribution < -0.4 is 19.5 Å². The highest BCUT2D eigenvalue weighted by molar-refractivity contribution is 7.15. The van der Waals surface area contributed by atoms with Crippen molar-refractivity contribution in [2.45, 2.75) is 39.7 Å². The molecule has 0 aliphatic rings. The largest absolute Gasteiger partial charge is 0.493 e. The molecule has 4 rings (SSSR count). The van der Waals surface area contributed by atoms with Crippen LogP contribution in [0.15, 0.2) is 42.5 Å². The van der Waals surface area contributed by atoms with E-state index in [0.29, 0.717) is 41.1 Å². The number of rotatable bonds is 10. The zero-order chi connectivity index (χ0) is 24.9. The molecule has 1 atom stereocenters. The molecule has 8 heteroatoms. The summed E-state index contributed by atoms with van der Waals surface area (Å²) < 4.78 is 31.6. The van der Waals surface area contributed by atoms with Gasteiger partial charge < -0.3 is 19.5 Å². The molecule has 0 fully saturated rings. The fourth-order valence-corrected chi connectivity index (χ4v) is 4.93. The predicted molar refractivity (Wildman–Crippen MR) is 140 cm³/mol. The van der Waals surface area contributed by atoms with Crippen LogP contribution in [-0.2, 0) is 0 Å². The van der Waals surface area contributed by atoms with Crippen LogP contribution in [0, 0.1) is 12.7 Å². The second-order valence-electron chi connectivity index (χ2n) is 8.23. The molecule has 184 valence electrons. The van der Waals surface area contributed by atoms with E-state index >= 15 is 0 Å². The Balaban J connectivity index is 1.64. The highest BCUT2D eigenvalue weighted by Gasteiger charge is 2.18. The third-order valence-corrected chi connectivity index (χ3v) is 6.98. The maximum absolute atomic E-state index is 14.8. The Hall–Kier alpha value is -3.39. The molecule has 0 aliphatic heterocycles. The highest BCUT2D eigenvalue weighted by Crippen LogP contribution is 2.40. The first-order valence-corrected chi connectivity index (χ1v) is 12.4. The molecule has 2 heterocycles. The summed E-state index contributed by atoms with van der Waals surface area (Å²) in [4.78, 5) is 11.1. The zero-order valence-electron chi connectivity index (χ0n) is 20.6. The second-order valence-corrected chi connectivity index (χ2v) is 9.34. The number of ether oxygens (including phenoxy) is 3. The summed E-state index contributed by atoms with van der Waals surface area (Å²) in [7, 11) is 3.20. The molecule has 0 aliphatic carbocycles. The number of nitrogens with zero attached hydrogens (tertiary/aromatic N) is 2. The van der Waals surface area contributed by atoms with Gasteiger partial charge in [0.1, 0.15) is 23.2 Å². The molecule has 0 saturated heterocycles. The van der Waals surface area contributed by atoms with E-state index in [-0.39, 0.29) is 11.9 Å². The van der Waals surface area contributed by atoms with E-state index in [1.807, 2.05) is 37.3 Å². The highest BCUT2D eigenvalue weighted by atomic mass is 32.1. The smallest absolute Gasteiger partial charge is 0.162 e. The maximum Gasteiger partial charge on any atom is 0.162 e. The lowest BCUT2D eigenvalue weighted by molar-refractivity contribution is 0.309. The van der Waals surface area contributed by atoms with Crippen molar-refractivity contribution in [1.29, 1.82) is 0 Å². The fourth-order valence-electron chi connectivity index (χ4n) is 3.87. The number of benzene rings is 2. The number of thiophene rings is 1. The number of unbranched alkanes of at least 4 members (excludes halogenated alkanes) is 1. The molecular weight excluding hydrogens is 465 g/mol. The van der Waals surface area contributed by atoms with E-state index in [2.05, 4.69) is 29.1 Å². The van der Waals surface area contributed by atoms with E-state index < -0.39 is 0 Å². The normalized spacial score (nSPS) is 11.9. The lowest BCUT2D eigenvalue weighted by Gasteiger charge is -2.17. The van der Waals surface area contributed by atoms with Crippen LogP contribution in [0.25, 0.3) is 21.3 Å². The van der Waals surface area contributed by atoms with Gasteiger partial charge in [0, 0.05) is 21.2 Å². The standard InChI is InChI=1S/C27H30FN3O3S/c1-6-7-13-34-21-10-8-9-19(28)26(21)25-12-11-24(35-25)16(2)29-27-18-14-22(32-4)23(33-5)15-20(18)30-17(3)31-27/h8-12,14-16H,6-7,13H2,1-5H3,(H,29,30,31)/t16-/m0/s1. The van der Waals surface area contributed by atoms with Gasteiger partial charge in [-0.3, -0.25) is 0 Å². The lowest BCUT2D eigenvalue weighted by Crippen LogP contribution is -2.08. The summed E-state index contributed by atoms with van der Waals surface area (Å²) in [6.07, 6.45) is 1.95. The van der Waals surface area contributed by atoms with Crippen LogP contribution >= 0.6 is 11.3 Å². The number of methoxy groups -OCH3 is 2. The summed E-state index contributed by atoms with van der Waals surface area (Å²) in [5, 5.41) is 4.34. The van der Waals surface area contributed by atoms with Crippen molar-refractivity contribution in [2.75, 3.05) is 26.1 Å². The van der Waals surface area contributed by atoms with Crippen LogP contribution in [0.4, 0.5) is 10.2 Å². The molecule has 0 saturated carbocycles. The average molecular weight is 496 g/mol. The topological polar surface area (TPSA) is 65.5 Å². The van der Waals surface area contributed by atoms with Gasteiger partial charge >= 0.3 is 0 Å². The first-order valence-electron chi connectivity index (χ1n) is 11.6. The van der Waals surface area contributed by atoms with Crippen LogP contribution in [0.3, 0.4) is 0 Å².